The fourth-order valence-corrected chi connectivity index (χ4v) is 3.61. The molecule has 3 rings (SSSR count). The predicted molar refractivity (Wildman–Crippen MR) is 81.0 cm³/mol. The molecule has 1 amide bonds. The largest absolute Gasteiger partial charge is 0.465 e. The number of aromatic nitrogens is 2. The molecule has 6 nitrogen and oxygen atoms in total. The van der Waals surface area contributed by atoms with Crippen molar-refractivity contribution < 1.29 is 14.6 Å². The van der Waals surface area contributed by atoms with Crippen molar-refractivity contribution in [3.63, 3.8) is 0 Å². The van der Waals surface area contributed by atoms with Crippen molar-refractivity contribution in [2.24, 2.45) is 0 Å². The second-order valence-corrected chi connectivity index (χ2v) is 6.50. The molecule has 1 atom stereocenters. The van der Waals surface area contributed by atoms with Gasteiger partial charge in [0, 0.05) is 31.3 Å². The highest BCUT2D eigenvalue weighted by molar-refractivity contribution is 14.1. The number of piperidine rings is 1. The van der Waals surface area contributed by atoms with Crippen LogP contribution in [0.2, 0.25) is 0 Å². The van der Waals surface area contributed by atoms with Gasteiger partial charge in [-0.15, -0.1) is 0 Å². The maximum atomic E-state index is 11.0. The van der Waals surface area contributed by atoms with Crippen molar-refractivity contribution in [3.05, 3.63) is 15.5 Å². The molecular formula is C13H18IN3O3. The third-order valence-corrected chi connectivity index (χ3v) is 4.70. The summed E-state index contributed by atoms with van der Waals surface area (Å²) in [6.07, 6.45) is 1.96. The highest BCUT2D eigenvalue weighted by atomic mass is 127. The number of likely N-dealkylation sites (tertiary alicyclic amines) is 1. The minimum absolute atomic E-state index is 0.339. The molecule has 1 aromatic rings. The Balaban J connectivity index is 1.75. The Morgan fingerprint density at radius 1 is 1.40 bits per heavy atom. The zero-order chi connectivity index (χ0) is 14.1. The van der Waals surface area contributed by atoms with Gasteiger partial charge in [-0.05, 0) is 47.9 Å². The van der Waals surface area contributed by atoms with Gasteiger partial charge in [0.05, 0.1) is 12.6 Å². The van der Waals surface area contributed by atoms with Gasteiger partial charge in [0.15, 0.2) is 0 Å². The van der Waals surface area contributed by atoms with E-state index in [1.54, 1.807) is 0 Å². The summed E-state index contributed by atoms with van der Waals surface area (Å²) in [5.74, 6) is 0.405. The summed E-state index contributed by atoms with van der Waals surface area (Å²) in [7, 11) is 0. The molecule has 1 N–H and O–H groups in total. The van der Waals surface area contributed by atoms with Gasteiger partial charge in [0.25, 0.3) is 0 Å². The third kappa shape index (κ3) is 2.78. The second kappa shape index (κ2) is 5.88. The topological polar surface area (TPSA) is 67.6 Å². The fraction of sp³-hybridized carbons (Fsp3) is 0.692. The Kier molecular flexibility index (Phi) is 4.16. The number of ether oxygens (including phenoxy) is 1. The molecule has 0 aromatic carbocycles. The van der Waals surface area contributed by atoms with Gasteiger partial charge in [-0.2, -0.15) is 5.10 Å². The van der Waals surface area contributed by atoms with E-state index in [0.29, 0.717) is 25.0 Å². The zero-order valence-electron chi connectivity index (χ0n) is 11.2. The van der Waals surface area contributed by atoms with Gasteiger partial charge >= 0.3 is 6.09 Å². The van der Waals surface area contributed by atoms with Crippen LogP contribution in [0.3, 0.4) is 0 Å². The van der Waals surface area contributed by atoms with Crippen molar-refractivity contribution in [2.75, 3.05) is 26.3 Å². The number of carboxylic acid groups (broad SMARTS) is 1. The van der Waals surface area contributed by atoms with Gasteiger partial charge in [0.1, 0.15) is 3.70 Å². The van der Waals surface area contributed by atoms with Crippen LogP contribution >= 0.6 is 22.6 Å². The lowest BCUT2D eigenvalue weighted by Gasteiger charge is -2.30. The van der Waals surface area contributed by atoms with Gasteiger partial charge in [-0.25, -0.2) is 4.79 Å². The number of nitrogens with zero attached hydrogens (tertiary/aromatic N) is 3. The Morgan fingerprint density at radius 3 is 2.75 bits per heavy atom. The Morgan fingerprint density at radius 2 is 2.15 bits per heavy atom. The Hall–Kier alpha value is -0.830. The van der Waals surface area contributed by atoms with Crippen LogP contribution in [0.25, 0.3) is 0 Å². The molecule has 0 radical (unpaired) electrons. The maximum absolute atomic E-state index is 11.0. The summed E-state index contributed by atoms with van der Waals surface area (Å²) < 4.78 is 8.59. The molecule has 7 heteroatoms. The highest BCUT2D eigenvalue weighted by Gasteiger charge is 2.29. The van der Waals surface area contributed by atoms with E-state index in [2.05, 4.69) is 38.4 Å². The summed E-state index contributed by atoms with van der Waals surface area (Å²) in [6, 6.07) is 2.48. The fourth-order valence-electron chi connectivity index (χ4n) is 3.06. The van der Waals surface area contributed by atoms with Gasteiger partial charge in [-0.3, -0.25) is 4.68 Å². The number of amides is 1. The minimum Gasteiger partial charge on any atom is -0.465 e. The summed E-state index contributed by atoms with van der Waals surface area (Å²) in [5, 5.41) is 13.6. The molecule has 2 fully saturated rings. The molecule has 2 saturated heterocycles. The first-order chi connectivity index (χ1) is 9.65. The predicted octanol–water partition coefficient (Wildman–Crippen LogP) is 2.31. The molecule has 2 aliphatic rings. The number of carbonyl (C=O) groups is 1. The van der Waals surface area contributed by atoms with Crippen LogP contribution in [0, 0.1) is 3.70 Å². The maximum Gasteiger partial charge on any atom is 0.407 e. The van der Waals surface area contributed by atoms with Crippen molar-refractivity contribution in [3.8, 4) is 0 Å². The first kappa shape index (κ1) is 14.1. The van der Waals surface area contributed by atoms with E-state index < -0.39 is 6.09 Å². The SMILES string of the molecule is O=C(O)N1CCC(c2cc(I)nn2C2CCOC2)CC1. The molecule has 2 aliphatic heterocycles. The smallest absolute Gasteiger partial charge is 0.407 e. The third-order valence-electron chi connectivity index (χ3n) is 4.17. The molecule has 1 unspecified atom stereocenters. The van der Waals surface area contributed by atoms with E-state index in [4.69, 9.17) is 9.84 Å². The van der Waals surface area contributed by atoms with E-state index in [1.807, 2.05) is 0 Å². The van der Waals surface area contributed by atoms with Crippen LogP contribution < -0.4 is 0 Å². The van der Waals surface area contributed by atoms with Crippen molar-refractivity contribution in [1.82, 2.24) is 14.7 Å². The lowest BCUT2D eigenvalue weighted by molar-refractivity contribution is 0.131. The van der Waals surface area contributed by atoms with E-state index in [9.17, 15) is 4.79 Å². The van der Waals surface area contributed by atoms with Crippen LogP contribution in [0.1, 0.15) is 36.9 Å². The molecule has 0 aliphatic carbocycles. The first-order valence-electron chi connectivity index (χ1n) is 6.95. The zero-order valence-corrected chi connectivity index (χ0v) is 13.3. The van der Waals surface area contributed by atoms with Crippen molar-refractivity contribution in [2.45, 2.75) is 31.2 Å². The van der Waals surface area contributed by atoms with Crippen LogP contribution in [0.4, 0.5) is 4.79 Å². The van der Waals surface area contributed by atoms with E-state index >= 15 is 0 Å². The van der Waals surface area contributed by atoms with E-state index in [0.717, 1.165) is 36.2 Å². The lowest BCUT2D eigenvalue weighted by atomic mass is 9.93. The Labute approximate surface area is 131 Å². The second-order valence-electron chi connectivity index (χ2n) is 5.40. The van der Waals surface area contributed by atoms with Gasteiger partial charge in [0.2, 0.25) is 0 Å². The van der Waals surface area contributed by atoms with Crippen LogP contribution in [0.15, 0.2) is 6.07 Å². The van der Waals surface area contributed by atoms with Gasteiger partial charge < -0.3 is 14.7 Å². The molecule has 0 spiro atoms. The number of halogens is 1. The Bertz CT molecular complexity index is 491. The molecule has 0 bridgehead atoms. The molecule has 1 aromatic heterocycles. The van der Waals surface area contributed by atoms with Crippen LogP contribution in [-0.4, -0.2) is 52.2 Å². The molecule has 3 heterocycles. The molecule has 20 heavy (non-hydrogen) atoms. The molecular weight excluding hydrogens is 373 g/mol. The number of hydrogen-bond donors (Lipinski definition) is 1. The van der Waals surface area contributed by atoms with Crippen LogP contribution in [-0.2, 0) is 4.74 Å². The highest BCUT2D eigenvalue weighted by Crippen LogP contribution is 2.32. The molecule has 0 saturated carbocycles. The van der Waals surface area contributed by atoms with Gasteiger partial charge in [-0.1, -0.05) is 0 Å². The minimum atomic E-state index is -0.810. The monoisotopic (exact) mass is 391 g/mol. The number of hydrogen-bond acceptors (Lipinski definition) is 3. The normalized spacial score (nSPS) is 24.2. The average Bonchev–Trinajstić information content (AvgIpc) is 3.07. The summed E-state index contributed by atoms with van der Waals surface area (Å²) >= 11 is 2.25. The standard InChI is InChI=1S/C13H18IN3O3/c14-12-7-11(17(15-12)10-3-6-20-8-10)9-1-4-16(5-2-9)13(18)19/h7,9-10H,1-6,8H2,(H,18,19). The summed E-state index contributed by atoms with van der Waals surface area (Å²) in [4.78, 5) is 12.5. The quantitative estimate of drug-likeness (QED) is 0.786. The average molecular weight is 391 g/mol. The van der Waals surface area contributed by atoms with E-state index in [1.165, 1.54) is 10.6 Å². The number of rotatable bonds is 2. The van der Waals surface area contributed by atoms with E-state index in [-0.39, 0.29) is 0 Å². The van der Waals surface area contributed by atoms with Crippen molar-refractivity contribution >= 4 is 28.7 Å². The molecule has 110 valence electrons. The van der Waals surface area contributed by atoms with Crippen molar-refractivity contribution in [1.29, 1.82) is 0 Å². The van der Waals surface area contributed by atoms with Crippen LogP contribution in [0.5, 0.6) is 0 Å². The first-order valence-corrected chi connectivity index (χ1v) is 8.03. The summed E-state index contributed by atoms with van der Waals surface area (Å²) in [6.45, 7) is 2.77. The lowest BCUT2D eigenvalue weighted by Crippen LogP contribution is -2.37. The summed E-state index contributed by atoms with van der Waals surface area (Å²) in [5.41, 5.74) is 1.25.